The number of amides is 2. The van der Waals surface area contributed by atoms with E-state index in [0.29, 0.717) is 32.1 Å². The monoisotopic (exact) mass is 388 g/mol. The second-order valence-corrected chi connectivity index (χ2v) is 8.27. The number of imidazole rings is 1. The van der Waals surface area contributed by atoms with Gasteiger partial charge in [0.05, 0.1) is 5.92 Å². The number of hydrogen-bond acceptors (Lipinski definition) is 5. The topological polar surface area (TPSA) is 73.7 Å². The van der Waals surface area contributed by atoms with Crippen LogP contribution in [0, 0.1) is 5.92 Å². The van der Waals surface area contributed by atoms with Crippen molar-refractivity contribution in [2.75, 3.05) is 45.8 Å². The Morgan fingerprint density at radius 3 is 2.96 bits per heavy atom. The van der Waals surface area contributed by atoms with E-state index >= 15 is 0 Å². The summed E-state index contributed by atoms with van der Waals surface area (Å²) in [5.74, 6) is 0.894. The van der Waals surface area contributed by atoms with E-state index in [4.69, 9.17) is 0 Å². The highest BCUT2D eigenvalue weighted by Crippen LogP contribution is 2.28. The Morgan fingerprint density at radius 1 is 1.36 bits per heavy atom. The molecule has 3 atom stereocenters. The van der Waals surface area contributed by atoms with Gasteiger partial charge in [-0.3, -0.25) is 14.5 Å². The van der Waals surface area contributed by atoms with Gasteiger partial charge in [-0.2, -0.15) is 0 Å². The lowest BCUT2D eigenvalue weighted by molar-refractivity contribution is -0.139. The van der Waals surface area contributed by atoms with Gasteiger partial charge in [0, 0.05) is 64.6 Å². The standard InChI is InChI=1S/C20H32N6O2/c1-3-24-8-4-5-16(24)14-25-13-15(11-18(25)27)20(28)26-10-6-21-12-17(26)19-22-7-9-23(19)2/h7,9,15-17,21H,3-6,8,10-14H2,1-2H3. The van der Waals surface area contributed by atoms with Crippen LogP contribution in [0.15, 0.2) is 12.4 Å². The number of nitrogens with zero attached hydrogens (tertiary/aromatic N) is 5. The van der Waals surface area contributed by atoms with Crippen LogP contribution in [0.25, 0.3) is 0 Å². The number of rotatable bonds is 5. The lowest BCUT2D eigenvalue weighted by Gasteiger charge is -2.37. The lowest BCUT2D eigenvalue weighted by atomic mass is 10.0. The van der Waals surface area contributed by atoms with E-state index in [0.717, 1.165) is 38.4 Å². The average molecular weight is 389 g/mol. The van der Waals surface area contributed by atoms with E-state index in [1.807, 2.05) is 27.6 Å². The van der Waals surface area contributed by atoms with E-state index in [2.05, 4.69) is 22.1 Å². The largest absolute Gasteiger partial charge is 0.340 e. The number of piperazine rings is 1. The molecule has 8 nitrogen and oxygen atoms in total. The lowest BCUT2D eigenvalue weighted by Crippen LogP contribution is -2.51. The average Bonchev–Trinajstić information content (AvgIpc) is 3.42. The third-order valence-corrected chi connectivity index (χ3v) is 6.58. The van der Waals surface area contributed by atoms with E-state index < -0.39 is 0 Å². The summed E-state index contributed by atoms with van der Waals surface area (Å²) < 4.78 is 1.98. The molecule has 0 aromatic carbocycles. The van der Waals surface area contributed by atoms with Gasteiger partial charge in [0.2, 0.25) is 11.8 Å². The molecular weight excluding hydrogens is 356 g/mol. The molecule has 1 aromatic rings. The van der Waals surface area contributed by atoms with E-state index in [1.165, 1.54) is 6.42 Å². The van der Waals surface area contributed by atoms with Crippen LogP contribution >= 0.6 is 0 Å². The maximum atomic E-state index is 13.3. The van der Waals surface area contributed by atoms with Gasteiger partial charge in [0.1, 0.15) is 11.9 Å². The molecule has 0 saturated carbocycles. The van der Waals surface area contributed by atoms with Gasteiger partial charge in [-0.15, -0.1) is 0 Å². The third-order valence-electron chi connectivity index (χ3n) is 6.58. The van der Waals surface area contributed by atoms with Crippen molar-refractivity contribution in [1.82, 2.24) is 29.6 Å². The molecule has 4 rings (SSSR count). The van der Waals surface area contributed by atoms with E-state index in [-0.39, 0.29) is 23.8 Å². The number of likely N-dealkylation sites (tertiary alicyclic amines) is 2. The fraction of sp³-hybridized carbons (Fsp3) is 0.750. The molecule has 0 spiro atoms. The van der Waals surface area contributed by atoms with Crippen LogP contribution in [0.5, 0.6) is 0 Å². The molecule has 4 heterocycles. The summed E-state index contributed by atoms with van der Waals surface area (Å²) in [4.78, 5) is 36.7. The van der Waals surface area contributed by atoms with Crippen LogP contribution in [0.4, 0.5) is 0 Å². The zero-order valence-electron chi connectivity index (χ0n) is 17.0. The SMILES string of the molecule is CCN1CCCC1CN1CC(C(=O)N2CCNCC2c2nccn2C)CC1=O. The highest BCUT2D eigenvalue weighted by molar-refractivity contribution is 5.89. The van der Waals surface area contributed by atoms with Gasteiger partial charge in [-0.05, 0) is 25.9 Å². The zero-order chi connectivity index (χ0) is 19.7. The molecule has 2 amide bonds. The van der Waals surface area contributed by atoms with Crippen LogP contribution in [0.1, 0.15) is 38.1 Å². The molecule has 1 aromatic heterocycles. The summed E-state index contributed by atoms with van der Waals surface area (Å²) >= 11 is 0. The predicted molar refractivity (Wildman–Crippen MR) is 105 cm³/mol. The summed E-state index contributed by atoms with van der Waals surface area (Å²) in [6, 6.07) is 0.373. The van der Waals surface area contributed by atoms with Crippen LogP contribution in [-0.4, -0.2) is 87.9 Å². The second kappa shape index (κ2) is 8.21. The molecule has 0 bridgehead atoms. The molecule has 1 N–H and O–H groups in total. The number of carbonyl (C=O) groups excluding carboxylic acids is 2. The van der Waals surface area contributed by atoms with Crippen molar-refractivity contribution in [2.45, 2.75) is 38.3 Å². The molecule has 3 aliphatic heterocycles. The Balaban J connectivity index is 1.43. The number of nitrogens with one attached hydrogen (secondary N) is 1. The van der Waals surface area contributed by atoms with Crippen LogP contribution in [-0.2, 0) is 16.6 Å². The number of aryl methyl sites for hydroxylation is 1. The molecule has 3 aliphatic rings. The maximum absolute atomic E-state index is 13.3. The molecule has 3 saturated heterocycles. The van der Waals surface area contributed by atoms with Gasteiger partial charge in [-0.25, -0.2) is 4.98 Å². The molecule has 3 fully saturated rings. The number of hydrogen-bond donors (Lipinski definition) is 1. The Morgan fingerprint density at radius 2 is 2.21 bits per heavy atom. The van der Waals surface area contributed by atoms with Gasteiger partial charge in [0.25, 0.3) is 0 Å². The number of aromatic nitrogens is 2. The van der Waals surface area contributed by atoms with Gasteiger partial charge < -0.3 is 19.7 Å². The van der Waals surface area contributed by atoms with E-state index in [1.54, 1.807) is 6.20 Å². The molecule has 0 aliphatic carbocycles. The Labute approximate surface area is 166 Å². The summed E-state index contributed by atoms with van der Waals surface area (Å²) in [6.45, 7) is 7.80. The highest BCUT2D eigenvalue weighted by Gasteiger charge is 2.41. The summed E-state index contributed by atoms with van der Waals surface area (Å²) in [5.41, 5.74) is 0. The first-order valence-electron chi connectivity index (χ1n) is 10.6. The molecule has 154 valence electrons. The Bertz CT molecular complexity index is 719. The van der Waals surface area contributed by atoms with E-state index in [9.17, 15) is 9.59 Å². The van der Waals surface area contributed by atoms with Crippen LogP contribution in [0.3, 0.4) is 0 Å². The van der Waals surface area contributed by atoms with Crippen LogP contribution in [0.2, 0.25) is 0 Å². The Kier molecular flexibility index (Phi) is 5.68. The molecule has 28 heavy (non-hydrogen) atoms. The normalized spacial score (nSPS) is 29.1. The van der Waals surface area contributed by atoms with Gasteiger partial charge >= 0.3 is 0 Å². The zero-order valence-corrected chi connectivity index (χ0v) is 17.0. The fourth-order valence-electron chi connectivity index (χ4n) is 5.02. The minimum Gasteiger partial charge on any atom is -0.340 e. The third kappa shape index (κ3) is 3.67. The van der Waals surface area contributed by atoms with Crippen molar-refractivity contribution in [3.63, 3.8) is 0 Å². The van der Waals surface area contributed by atoms with Crippen LogP contribution < -0.4 is 5.32 Å². The fourth-order valence-corrected chi connectivity index (χ4v) is 5.02. The smallest absolute Gasteiger partial charge is 0.228 e. The predicted octanol–water partition coefficient (Wildman–Crippen LogP) is 0.226. The van der Waals surface area contributed by atoms with Crippen molar-refractivity contribution in [3.05, 3.63) is 18.2 Å². The quantitative estimate of drug-likeness (QED) is 0.782. The molecule has 3 unspecified atom stereocenters. The highest BCUT2D eigenvalue weighted by atomic mass is 16.2. The maximum Gasteiger partial charge on any atom is 0.228 e. The minimum absolute atomic E-state index is 0.0733. The second-order valence-electron chi connectivity index (χ2n) is 8.27. The van der Waals surface area contributed by atoms with Gasteiger partial charge in [0.15, 0.2) is 0 Å². The molecule has 8 heteroatoms. The molecular formula is C20H32N6O2. The first-order chi connectivity index (χ1) is 13.6. The minimum atomic E-state index is -0.232. The first-order valence-corrected chi connectivity index (χ1v) is 10.6. The summed E-state index contributed by atoms with van der Waals surface area (Å²) in [5, 5.41) is 3.37. The number of carbonyl (C=O) groups is 2. The number of likely N-dealkylation sites (N-methyl/N-ethyl adjacent to an activating group) is 1. The summed E-state index contributed by atoms with van der Waals surface area (Å²) in [7, 11) is 1.96. The summed E-state index contributed by atoms with van der Waals surface area (Å²) in [6.07, 6.45) is 6.38. The Hall–Kier alpha value is -1.93. The van der Waals surface area contributed by atoms with Crippen molar-refractivity contribution in [2.24, 2.45) is 13.0 Å². The van der Waals surface area contributed by atoms with Gasteiger partial charge in [-0.1, -0.05) is 6.92 Å². The first kappa shape index (κ1) is 19.4. The van der Waals surface area contributed by atoms with Crippen molar-refractivity contribution < 1.29 is 9.59 Å². The van der Waals surface area contributed by atoms with Crippen molar-refractivity contribution in [1.29, 1.82) is 0 Å². The van der Waals surface area contributed by atoms with Crippen molar-refractivity contribution in [3.8, 4) is 0 Å². The molecule has 0 radical (unpaired) electrons. The van der Waals surface area contributed by atoms with Crippen molar-refractivity contribution >= 4 is 11.8 Å².